The molecule has 0 atom stereocenters. The topological polar surface area (TPSA) is 192 Å². The number of amides is 1. The first-order valence-electron chi connectivity index (χ1n) is 17.3. The van der Waals surface area contributed by atoms with Gasteiger partial charge in [-0.3, -0.25) is 13.6 Å². The van der Waals surface area contributed by atoms with E-state index >= 15 is 0 Å². The van der Waals surface area contributed by atoms with Gasteiger partial charge in [-0.1, -0.05) is 6.07 Å². The molecular formula is C38H39N9O7. The Labute approximate surface area is 309 Å². The lowest BCUT2D eigenvalue weighted by Crippen LogP contribution is -2.22. The zero-order chi connectivity index (χ0) is 38.4. The maximum atomic E-state index is 13.1. The van der Waals surface area contributed by atoms with Gasteiger partial charge in [-0.2, -0.15) is 10.2 Å². The van der Waals surface area contributed by atoms with Crippen LogP contribution in [0, 0.1) is 20.8 Å². The number of fused-ring (bicyclic) bond motifs is 2. The minimum Gasteiger partial charge on any atom is -0.462 e. The van der Waals surface area contributed by atoms with Crippen LogP contribution in [-0.2, 0) is 14.2 Å². The highest BCUT2D eigenvalue weighted by Crippen LogP contribution is 2.26. The average molecular weight is 734 g/mol. The molecule has 2 aromatic carbocycles. The van der Waals surface area contributed by atoms with E-state index < -0.39 is 17.9 Å². The van der Waals surface area contributed by atoms with Gasteiger partial charge in [0, 0.05) is 41.3 Å². The molecule has 16 nitrogen and oxygen atoms in total. The third-order valence-electron chi connectivity index (χ3n) is 8.59. The molecule has 6 aromatic rings. The predicted octanol–water partition coefficient (Wildman–Crippen LogP) is 5.51. The number of aryl methyl sites for hydroxylation is 3. The summed E-state index contributed by atoms with van der Waals surface area (Å²) in [7, 11) is 0. The van der Waals surface area contributed by atoms with Crippen molar-refractivity contribution in [2.45, 2.75) is 41.0 Å². The molecule has 0 fully saturated rings. The molecule has 4 heterocycles. The van der Waals surface area contributed by atoms with Crippen LogP contribution in [0.2, 0.25) is 0 Å². The molecule has 4 aromatic heterocycles. The van der Waals surface area contributed by atoms with Gasteiger partial charge in [-0.25, -0.2) is 14.4 Å². The van der Waals surface area contributed by atoms with Gasteiger partial charge in [0.15, 0.2) is 0 Å². The number of rotatable bonds is 14. The summed E-state index contributed by atoms with van der Waals surface area (Å²) < 4.78 is 19.6. The number of hydrogen-bond acceptors (Lipinski definition) is 13. The minimum atomic E-state index is -0.543. The van der Waals surface area contributed by atoms with Crippen LogP contribution in [0.25, 0.3) is 11.0 Å². The number of carbonyl (C=O) groups excluding carboxylic acids is 4. The molecule has 0 saturated heterocycles. The van der Waals surface area contributed by atoms with E-state index in [0.717, 1.165) is 5.56 Å². The first-order valence-corrected chi connectivity index (χ1v) is 17.3. The van der Waals surface area contributed by atoms with Gasteiger partial charge in [0.1, 0.15) is 0 Å². The summed E-state index contributed by atoms with van der Waals surface area (Å²) in [5.74, 6) is -0.942. The van der Waals surface area contributed by atoms with E-state index in [1.54, 1.807) is 84.3 Å². The van der Waals surface area contributed by atoms with Crippen LogP contribution in [-0.4, -0.2) is 79.4 Å². The first kappa shape index (κ1) is 36.9. The number of ether oxygens (including phenoxy) is 3. The van der Waals surface area contributed by atoms with Crippen LogP contribution in [0.5, 0.6) is 0 Å². The van der Waals surface area contributed by atoms with Crippen molar-refractivity contribution in [2.75, 3.05) is 37.0 Å². The number of aromatic nitrogens is 6. The Bertz CT molecular complexity index is 2370. The molecule has 0 spiro atoms. The summed E-state index contributed by atoms with van der Waals surface area (Å²) in [6, 6.07) is 15.3. The van der Waals surface area contributed by atoms with Crippen LogP contribution in [0.15, 0.2) is 67.0 Å². The number of nitrogens with zero attached hydrogens (tertiary/aromatic N) is 6. The summed E-state index contributed by atoms with van der Waals surface area (Å²) in [5.41, 5.74) is 6.30. The predicted molar refractivity (Wildman–Crippen MR) is 199 cm³/mol. The second kappa shape index (κ2) is 16.2. The molecule has 6 rings (SSSR count). The molecule has 278 valence electrons. The van der Waals surface area contributed by atoms with Gasteiger partial charge in [-0.15, -0.1) is 10.2 Å². The van der Waals surface area contributed by atoms with Crippen LogP contribution >= 0.6 is 0 Å². The SMILES string of the molecule is CCNC(=O)c1ccc(C)c(Nc2nncc3cc(C(=O)OCCCOC(=O)c4ccc(Nc5nncc6cc(C(=O)OCC)c(C)n56)cc4)c(C)n23)c1. The number of nitrogens with one attached hydrogen (secondary N) is 3. The van der Waals surface area contributed by atoms with Crippen molar-refractivity contribution in [3.63, 3.8) is 0 Å². The lowest BCUT2D eigenvalue weighted by molar-refractivity contribution is 0.0394. The minimum absolute atomic E-state index is 0.0251. The van der Waals surface area contributed by atoms with Gasteiger partial charge >= 0.3 is 17.9 Å². The van der Waals surface area contributed by atoms with Crippen molar-refractivity contribution in [3.8, 4) is 0 Å². The van der Waals surface area contributed by atoms with Crippen LogP contribution in [0.1, 0.15) is 78.7 Å². The van der Waals surface area contributed by atoms with Crippen LogP contribution in [0.3, 0.4) is 0 Å². The molecule has 3 N–H and O–H groups in total. The average Bonchev–Trinajstić information content (AvgIpc) is 3.70. The fourth-order valence-corrected chi connectivity index (χ4v) is 5.82. The monoisotopic (exact) mass is 733 g/mol. The van der Waals surface area contributed by atoms with Crippen molar-refractivity contribution in [2.24, 2.45) is 0 Å². The number of benzene rings is 2. The van der Waals surface area contributed by atoms with Crippen molar-refractivity contribution < 1.29 is 33.4 Å². The number of carbonyl (C=O) groups is 4. The molecule has 1 amide bonds. The van der Waals surface area contributed by atoms with E-state index in [2.05, 4.69) is 36.3 Å². The van der Waals surface area contributed by atoms with E-state index in [1.165, 1.54) is 6.20 Å². The molecule has 0 unspecified atom stereocenters. The fraction of sp³-hybridized carbons (Fsp3) is 0.263. The Kier molecular flexibility index (Phi) is 11.1. The highest BCUT2D eigenvalue weighted by atomic mass is 16.5. The van der Waals surface area contributed by atoms with Crippen molar-refractivity contribution in [3.05, 3.63) is 106 Å². The maximum Gasteiger partial charge on any atom is 0.339 e. The molecule has 0 aliphatic carbocycles. The standard InChI is InChI=1S/C38H39N9O7/c1-6-39-33(48)26-10-9-22(3)32(17-26)43-38-45-41-21-29-19-31(24(5)47(29)38)36(51)54-16-8-15-53-34(49)25-11-13-27(14-12-25)42-37-44-40-20-28-18-30(23(4)46(28)37)35(50)52-7-2/h9-14,17-21H,6-8,15-16H2,1-5H3,(H,39,48)(H,42,44)(H,43,45). The third-order valence-corrected chi connectivity index (χ3v) is 8.59. The lowest BCUT2D eigenvalue weighted by Gasteiger charge is -2.13. The summed E-state index contributed by atoms with van der Waals surface area (Å²) in [6.07, 6.45) is 3.37. The second-order valence-electron chi connectivity index (χ2n) is 12.2. The number of hydrogen-bond donors (Lipinski definition) is 3. The smallest absolute Gasteiger partial charge is 0.339 e. The normalized spacial score (nSPS) is 11.0. The largest absolute Gasteiger partial charge is 0.462 e. The van der Waals surface area contributed by atoms with Crippen molar-refractivity contribution in [1.82, 2.24) is 34.5 Å². The Morgan fingerprint density at radius 1 is 0.667 bits per heavy atom. The fourth-order valence-electron chi connectivity index (χ4n) is 5.82. The van der Waals surface area contributed by atoms with E-state index in [-0.39, 0.29) is 32.1 Å². The quantitative estimate of drug-likeness (QED) is 0.0721. The van der Waals surface area contributed by atoms with Crippen LogP contribution < -0.4 is 16.0 Å². The van der Waals surface area contributed by atoms with E-state index in [1.807, 2.05) is 19.9 Å². The van der Waals surface area contributed by atoms with Crippen LogP contribution in [0.4, 0.5) is 23.3 Å². The number of anilines is 4. The summed E-state index contributed by atoms with van der Waals surface area (Å²) in [5, 5.41) is 25.7. The van der Waals surface area contributed by atoms with Crippen molar-refractivity contribution in [1.29, 1.82) is 0 Å². The maximum absolute atomic E-state index is 13.1. The number of esters is 3. The van der Waals surface area contributed by atoms with Crippen molar-refractivity contribution >= 4 is 58.1 Å². The van der Waals surface area contributed by atoms with E-state index in [9.17, 15) is 19.2 Å². The van der Waals surface area contributed by atoms with Gasteiger partial charge in [0.05, 0.1) is 59.9 Å². The zero-order valence-electron chi connectivity index (χ0n) is 30.4. The molecule has 0 saturated carbocycles. The first-order chi connectivity index (χ1) is 26.1. The molecule has 0 aliphatic rings. The highest BCUT2D eigenvalue weighted by Gasteiger charge is 2.20. The zero-order valence-corrected chi connectivity index (χ0v) is 30.4. The Balaban J connectivity index is 1.02. The Morgan fingerprint density at radius 3 is 1.81 bits per heavy atom. The summed E-state index contributed by atoms with van der Waals surface area (Å²) in [6.45, 7) is 9.90. The highest BCUT2D eigenvalue weighted by molar-refractivity contribution is 5.96. The molecule has 0 radical (unpaired) electrons. The van der Waals surface area contributed by atoms with Gasteiger partial charge in [-0.05, 0) is 88.7 Å². The summed E-state index contributed by atoms with van der Waals surface area (Å²) >= 11 is 0. The van der Waals surface area contributed by atoms with Gasteiger partial charge in [0.2, 0.25) is 11.9 Å². The summed E-state index contributed by atoms with van der Waals surface area (Å²) in [4.78, 5) is 50.6. The van der Waals surface area contributed by atoms with E-state index in [0.29, 0.717) is 74.5 Å². The van der Waals surface area contributed by atoms with Gasteiger partial charge in [0.25, 0.3) is 5.91 Å². The van der Waals surface area contributed by atoms with Gasteiger partial charge < -0.3 is 30.2 Å². The molecule has 16 heteroatoms. The molecular weight excluding hydrogens is 694 g/mol. The lowest BCUT2D eigenvalue weighted by atomic mass is 10.1. The Morgan fingerprint density at radius 2 is 1.22 bits per heavy atom. The molecule has 0 bridgehead atoms. The molecule has 0 aliphatic heterocycles. The van der Waals surface area contributed by atoms with E-state index in [4.69, 9.17) is 14.2 Å². The second-order valence-corrected chi connectivity index (χ2v) is 12.2. The Hall–Kier alpha value is -6.84. The molecule has 54 heavy (non-hydrogen) atoms. The third kappa shape index (κ3) is 7.81.